The van der Waals surface area contributed by atoms with Crippen molar-refractivity contribution < 1.29 is 0 Å². The molecule has 6 heteroatoms. The molecule has 0 atom stereocenters. The van der Waals surface area contributed by atoms with Crippen LogP contribution in [0.3, 0.4) is 0 Å². The van der Waals surface area contributed by atoms with Gasteiger partial charge in [0.2, 0.25) is 5.95 Å². The van der Waals surface area contributed by atoms with E-state index in [4.69, 9.17) is 23.2 Å². The van der Waals surface area contributed by atoms with Gasteiger partial charge in [-0.2, -0.15) is 4.98 Å². The second-order valence-electron chi connectivity index (χ2n) is 2.33. The maximum atomic E-state index is 5.78. The standard InChI is InChI=1S/C6H6ClN5/c7-4-3-1-2-12(9)5(3)11-6(8)10-4/h1-2H,9H2,(H2,8,10,11). The summed E-state index contributed by atoms with van der Waals surface area (Å²) in [5, 5.41) is 1.02. The molecule has 62 valence electrons. The van der Waals surface area contributed by atoms with Gasteiger partial charge < -0.3 is 11.6 Å². The summed E-state index contributed by atoms with van der Waals surface area (Å²) in [7, 11) is 0. The lowest BCUT2D eigenvalue weighted by Crippen LogP contribution is -2.07. The van der Waals surface area contributed by atoms with E-state index in [1.807, 2.05) is 0 Å². The molecule has 0 aliphatic heterocycles. The molecule has 0 radical (unpaired) electrons. The Morgan fingerprint density at radius 3 is 2.92 bits per heavy atom. The Balaban J connectivity index is 2.92. The molecule has 2 aromatic rings. The molecule has 0 unspecified atom stereocenters. The van der Waals surface area contributed by atoms with E-state index < -0.39 is 0 Å². The van der Waals surface area contributed by atoms with E-state index in [-0.39, 0.29) is 5.95 Å². The quantitative estimate of drug-likeness (QED) is 0.457. The first kappa shape index (κ1) is 7.17. The summed E-state index contributed by atoms with van der Waals surface area (Å²) in [6, 6.07) is 1.73. The van der Waals surface area contributed by atoms with Crippen molar-refractivity contribution in [3.8, 4) is 0 Å². The molecule has 5 nitrogen and oxygen atoms in total. The second-order valence-corrected chi connectivity index (χ2v) is 2.69. The predicted octanol–water partition coefficient (Wildman–Crippen LogP) is 0.381. The van der Waals surface area contributed by atoms with Crippen molar-refractivity contribution in [2.45, 2.75) is 0 Å². The molecule has 2 rings (SSSR count). The van der Waals surface area contributed by atoms with E-state index in [2.05, 4.69) is 9.97 Å². The fraction of sp³-hybridized carbons (Fsp3) is 0. The predicted molar refractivity (Wildman–Crippen MR) is 47.1 cm³/mol. The minimum atomic E-state index is 0.123. The summed E-state index contributed by atoms with van der Waals surface area (Å²) < 4.78 is 1.35. The lowest BCUT2D eigenvalue weighted by atomic mass is 10.4. The highest BCUT2D eigenvalue weighted by Crippen LogP contribution is 2.20. The highest BCUT2D eigenvalue weighted by molar-refractivity contribution is 6.34. The number of nitrogens with two attached hydrogens (primary N) is 2. The van der Waals surface area contributed by atoms with Gasteiger partial charge in [-0.1, -0.05) is 11.6 Å². The number of nitrogens with zero attached hydrogens (tertiary/aromatic N) is 3. The molecule has 12 heavy (non-hydrogen) atoms. The molecule has 2 heterocycles. The Morgan fingerprint density at radius 2 is 2.17 bits per heavy atom. The maximum absolute atomic E-state index is 5.78. The summed E-state index contributed by atoms with van der Waals surface area (Å²) in [5.41, 5.74) is 5.91. The van der Waals surface area contributed by atoms with Gasteiger partial charge in [0.1, 0.15) is 5.15 Å². The molecule has 0 aromatic carbocycles. The van der Waals surface area contributed by atoms with E-state index in [0.717, 1.165) is 0 Å². The van der Waals surface area contributed by atoms with Crippen LogP contribution in [-0.4, -0.2) is 14.6 Å². The number of nitrogen functional groups attached to an aromatic ring is 2. The van der Waals surface area contributed by atoms with Crippen LogP contribution in [0.1, 0.15) is 0 Å². The average molecular weight is 184 g/mol. The normalized spacial score (nSPS) is 10.8. The van der Waals surface area contributed by atoms with Crippen LogP contribution in [0.25, 0.3) is 11.0 Å². The first-order valence-corrected chi connectivity index (χ1v) is 3.61. The van der Waals surface area contributed by atoms with Crippen LogP contribution in [0.5, 0.6) is 0 Å². The molecule has 0 saturated heterocycles. The number of hydrogen-bond donors (Lipinski definition) is 2. The SMILES string of the molecule is Nc1nc(Cl)c2ccn(N)c2n1. The van der Waals surface area contributed by atoms with Crippen LogP contribution < -0.4 is 11.6 Å². The van der Waals surface area contributed by atoms with Gasteiger partial charge in [-0.3, -0.25) is 4.68 Å². The van der Waals surface area contributed by atoms with Gasteiger partial charge in [-0.05, 0) is 6.07 Å². The van der Waals surface area contributed by atoms with Crippen LogP contribution in [0.4, 0.5) is 5.95 Å². The molecule has 0 bridgehead atoms. The number of rotatable bonds is 0. The third-order valence-electron chi connectivity index (χ3n) is 1.54. The highest BCUT2D eigenvalue weighted by atomic mass is 35.5. The first-order chi connectivity index (χ1) is 5.68. The number of fused-ring (bicyclic) bond motifs is 1. The molecule has 0 fully saturated rings. The van der Waals surface area contributed by atoms with E-state index in [1.54, 1.807) is 12.3 Å². The number of anilines is 1. The maximum Gasteiger partial charge on any atom is 0.223 e. The Kier molecular flexibility index (Phi) is 1.34. The third-order valence-corrected chi connectivity index (χ3v) is 1.83. The largest absolute Gasteiger partial charge is 0.368 e. The van der Waals surface area contributed by atoms with Crippen molar-refractivity contribution in [1.82, 2.24) is 14.6 Å². The Morgan fingerprint density at radius 1 is 1.42 bits per heavy atom. The van der Waals surface area contributed by atoms with Crippen LogP contribution in [0, 0.1) is 0 Å². The van der Waals surface area contributed by atoms with Crippen molar-refractivity contribution in [3.63, 3.8) is 0 Å². The summed E-state index contributed by atoms with van der Waals surface area (Å²) in [6.45, 7) is 0. The Bertz CT molecular complexity index is 435. The van der Waals surface area contributed by atoms with Crippen molar-refractivity contribution >= 4 is 28.6 Å². The van der Waals surface area contributed by atoms with Crippen LogP contribution in [-0.2, 0) is 0 Å². The molecule has 0 amide bonds. The molecule has 0 aliphatic rings. The van der Waals surface area contributed by atoms with Gasteiger partial charge in [-0.25, -0.2) is 4.98 Å². The van der Waals surface area contributed by atoms with Crippen molar-refractivity contribution in [2.24, 2.45) is 0 Å². The van der Waals surface area contributed by atoms with Gasteiger partial charge in [-0.15, -0.1) is 0 Å². The fourth-order valence-corrected chi connectivity index (χ4v) is 1.25. The third kappa shape index (κ3) is 0.868. The summed E-state index contributed by atoms with van der Waals surface area (Å²) in [5.74, 6) is 5.65. The minimum Gasteiger partial charge on any atom is -0.368 e. The van der Waals surface area contributed by atoms with E-state index in [1.165, 1.54) is 4.68 Å². The number of aromatic nitrogens is 3. The van der Waals surface area contributed by atoms with Crippen LogP contribution >= 0.6 is 11.6 Å². The number of halogens is 1. The second kappa shape index (κ2) is 2.25. The fourth-order valence-electron chi connectivity index (χ4n) is 1.01. The van der Waals surface area contributed by atoms with Crippen LogP contribution in [0.2, 0.25) is 5.15 Å². The topological polar surface area (TPSA) is 82.8 Å². The van der Waals surface area contributed by atoms with Crippen molar-refractivity contribution in [2.75, 3.05) is 11.6 Å². The van der Waals surface area contributed by atoms with Gasteiger partial charge in [0.25, 0.3) is 0 Å². The monoisotopic (exact) mass is 183 g/mol. The lowest BCUT2D eigenvalue weighted by molar-refractivity contribution is 1.03. The van der Waals surface area contributed by atoms with E-state index in [0.29, 0.717) is 16.2 Å². The van der Waals surface area contributed by atoms with E-state index >= 15 is 0 Å². The smallest absolute Gasteiger partial charge is 0.223 e. The van der Waals surface area contributed by atoms with Gasteiger partial charge >= 0.3 is 0 Å². The van der Waals surface area contributed by atoms with Gasteiger partial charge in [0.15, 0.2) is 5.65 Å². The molecular formula is C6H6ClN5. The van der Waals surface area contributed by atoms with E-state index in [9.17, 15) is 0 Å². The zero-order chi connectivity index (χ0) is 8.72. The molecule has 0 spiro atoms. The molecular weight excluding hydrogens is 178 g/mol. The lowest BCUT2D eigenvalue weighted by Gasteiger charge is -1.97. The summed E-state index contributed by atoms with van der Waals surface area (Å²) in [4.78, 5) is 7.69. The average Bonchev–Trinajstić information content (AvgIpc) is 2.33. The minimum absolute atomic E-state index is 0.123. The zero-order valence-electron chi connectivity index (χ0n) is 6.03. The molecule has 0 saturated carbocycles. The first-order valence-electron chi connectivity index (χ1n) is 3.23. The number of hydrogen-bond acceptors (Lipinski definition) is 4. The molecule has 2 aromatic heterocycles. The Hall–Kier alpha value is -1.49. The molecule has 0 aliphatic carbocycles. The summed E-state index contributed by atoms with van der Waals surface area (Å²) >= 11 is 5.78. The van der Waals surface area contributed by atoms with Gasteiger partial charge in [0, 0.05) is 6.20 Å². The molecule has 4 N–H and O–H groups in total. The highest BCUT2D eigenvalue weighted by Gasteiger charge is 2.06. The van der Waals surface area contributed by atoms with Crippen molar-refractivity contribution in [1.29, 1.82) is 0 Å². The van der Waals surface area contributed by atoms with Crippen LogP contribution in [0.15, 0.2) is 12.3 Å². The zero-order valence-corrected chi connectivity index (χ0v) is 6.78. The van der Waals surface area contributed by atoms with Gasteiger partial charge in [0.05, 0.1) is 5.39 Å². The summed E-state index contributed by atoms with van der Waals surface area (Å²) in [6.07, 6.45) is 1.64. The Labute approximate surface area is 72.9 Å². The van der Waals surface area contributed by atoms with Crippen molar-refractivity contribution in [3.05, 3.63) is 17.4 Å².